The van der Waals surface area contributed by atoms with Gasteiger partial charge >= 0.3 is 0 Å². The van der Waals surface area contributed by atoms with Crippen LogP contribution in [0.4, 0.5) is 8.78 Å². The third-order valence-corrected chi connectivity index (χ3v) is 9.03. The largest absolute Gasteiger partial charge is 0.372 e. The van der Waals surface area contributed by atoms with Crippen molar-refractivity contribution in [1.82, 2.24) is 15.5 Å². The number of piperidine rings is 1. The van der Waals surface area contributed by atoms with E-state index in [1.54, 1.807) is 36.4 Å². The molecule has 3 fully saturated rings. The lowest BCUT2D eigenvalue weighted by Gasteiger charge is -2.35. The molecule has 10 heteroatoms. The van der Waals surface area contributed by atoms with Gasteiger partial charge in [0.05, 0.1) is 6.07 Å². The number of hydrogen-bond donors (Lipinski definition) is 3. The predicted octanol–water partition coefficient (Wildman–Crippen LogP) is 2.70. The predicted molar refractivity (Wildman–Crippen MR) is 139 cm³/mol. The Morgan fingerprint density at radius 2 is 1.77 bits per heavy atom. The number of hydrogen-bond acceptors (Lipinski definition) is 5. The summed E-state index contributed by atoms with van der Waals surface area (Å²) in [6.07, 6.45) is 0.405. The van der Waals surface area contributed by atoms with E-state index in [9.17, 15) is 33.5 Å². The summed E-state index contributed by atoms with van der Waals surface area (Å²) in [5.74, 6) is -6.53. The number of carbonyl (C=O) groups excluding carboxylic acids is 3. The summed E-state index contributed by atoms with van der Waals surface area (Å²) in [6, 6.07) is 13.7. The Bertz CT molecular complexity index is 1380. The molecule has 1 saturated carbocycles. The minimum atomic E-state index is -2.97. The third kappa shape index (κ3) is 4.15. The van der Waals surface area contributed by atoms with Crippen LogP contribution in [-0.2, 0) is 20.0 Å². The van der Waals surface area contributed by atoms with E-state index in [4.69, 9.17) is 0 Å². The van der Waals surface area contributed by atoms with Crippen LogP contribution in [0.5, 0.6) is 0 Å². The Balaban J connectivity index is 1.32. The van der Waals surface area contributed by atoms with Crippen molar-refractivity contribution in [3.63, 3.8) is 0 Å². The van der Waals surface area contributed by atoms with Crippen molar-refractivity contribution in [3.05, 3.63) is 59.7 Å². The van der Waals surface area contributed by atoms with E-state index in [1.165, 1.54) is 4.90 Å². The molecule has 3 amide bonds. The van der Waals surface area contributed by atoms with Crippen LogP contribution < -0.4 is 10.6 Å². The van der Waals surface area contributed by atoms with Crippen molar-refractivity contribution < 1.29 is 28.3 Å². The van der Waals surface area contributed by atoms with Crippen molar-refractivity contribution >= 4 is 17.7 Å². The molecule has 2 aliphatic heterocycles. The number of nitrogens with zero attached hydrogens (tertiary/aromatic N) is 2. The molecular formula is C30H30F2N4O4. The first-order valence-corrected chi connectivity index (χ1v) is 13.7. The molecule has 3 N–H and O–H groups in total. The Hall–Kier alpha value is -3.84. The number of aliphatic hydroxyl groups is 1. The Labute approximate surface area is 230 Å². The average Bonchev–Trinajstić information content (AvgIpc) is 3.53. The Kier molecular flexibility index (Phi) is 6.37. The van der Waals surface area contributed by atoms with Gasteiger partial charge in [0.1, 0.15) is 12.1 Å². The molecule has 2 aliphatic carbocycles. The fraction of sp³-hybridized carbons (Fsp3) is 0.467. The number of benzene rings is 2. The van der Waals surface area contributed by atoms with Crippen LogP contribution in [-0.4, -0.2) is 58.8 Å². The zero-order valence-electron chi connectivity index (χ0n) is 21.8. The van der Waals surface area contributed by atoms with Gasteiger partial charge < -0.3 is 20.6 Å². The van der Waals surface area contributed by atoms with Gasteiger partial charge in [0.2, 0.25) is 17.7 Å². The fourth-order valence-corrected chi connectivity index (χ4v) is 7.24. The minimum Gasteiger partial charge on any atom is -0.372 e. The monoisotopic (exact) mass is 548 g/mol. The molecule has 0 spiro atoms. The maximum absolute atomic E-state index is 14.5. The number of nitriles is 1. The van der Waals surface area contributed by atoms with Crippen LogP contribution >= 0.6 is 0 Å². The lowest BCUT2D eigenvalue weighted by Crippen LogP contribution is -2.56. The second-order valence-electron chi connectivity index (χ2n) is 11.4. The van der Waals surface area contributed by atoms with Gasteiger partial charge in [-0.3, -0.25) is 14.4 Å². The highest BCUT2D eigenvalue weighted by Gasteiger charge is 2.61. The first-order chi connectivity index (χ1) is 19.1. The van der Waals surface area contributed by atoms with E-state index in [-0.39, 0.29) is 18.9 Å². The summed E-state index contributed by atoms with van der Waals surface area (Å²) in [6.45, 7) is 0.455. The van der Waals surface area contributed by atoms with Crippen molar-refractivity contribution in [3.8, 4) is 17.2 Å². The second-order valence-corrected chi connectivity index (χ2v) is 11.4. The number of alkyl halides is 2. The van der Waals surface area contributed by atoms with Gasteiger partial charge in [-0.05, 0) is 42.2 Å². The highest BCUT2D eigenvalue weighted by atomic mass is 19.3. The lowest BCUT2D eigenvalue weighted by molar-refractivity contribution is -0.153. The molecule has 8 nitrogen and oxygen atoms in total. The zero-order chi connectivity index (χ0) is 28.2. The van der Waals surface area contributed by atoms with E-state index >= 15 is 0 Å². The topological polar surface area (TPSA) is 123 Å². The fourth-order valence-electron chi connectivity index (χ4n) is 7.24. The Morgan fingerprint density at radius 3 is 2.40 bits per heavy atom. The lowest BCUT2D eigenvalue weighted by atomic mass is 9.88. The van der Waals surface area contributed by atoms with E-state index in [2.05, 4.69) is 10.6 Å². The molecular weight excluding hydrogens is 518 g/mol. The molecule has 2 saturated heterocycles. The summed E-state index contributed by atoms with van der Waals surface area (Å²) in [7, 11) is 0. The summed E-state index contributed by atoms with van der Waals surface area (Å²) in [5, 5.41) is 27.3. The van der Waals surface area contributed by atoms with E-state index < -0.39 is 66.0 Å². The molecule has 208 valence electrons. The first kappa shape index (κ1) is 26.4. The van der Waals surface area contributed by atoms with E-state index in [1.807, 2.05) is 18.2 Å². The molecule has 6 rings (SSSR count). The van der Waals surface area contributed by atoms with Crippen LogP contribution in [0.1, 0.15) is 43.2 Å². The summed E-state index contributed by atoms with van der Waals surface area (Å²) < 4.78 is 29.0. The minimum absolute atomic E-state index is 0.0870. The molecule has 2 aromatic rings. The van der Waals surface area contributed by atoms with Gasteiger partial charge in [-0.15, -0.1) is 0 Å². The number of amides is 3. The third-order valence-electron chi connectivity index (χ3n) is 9.03. The van der Waals surface area contributed by atoms with Crippen molar-refractivity contribution in [2.24, 2.45) is 17.8 Å². The highest BCUT2D eigenvalue weighted by molar-refractivity contribution is 6.01. The number of halogens is 2. The van der Waals surface area contributed by atoms with E-state index in [0.717, 1.165) is 6.42 Å². The Morgan fingerprint density at radius 1 is 1.12 bits per heavy atom. The van der Waals surface area contributed by atoms with Gasteiger partial charge in [0, 0.05) is 43.0 Å². The van der Waals surface area contributed by atoms with Crippen molar-refractivity contribution in [1.29, 1.82) is 5.26 Å². The van der Waals surface area contributed by atoms with Gasteiger partial charge in [-0.2, -0.15) is 5.26 Å². The second kappa shape index (κ2) is 9.66. The van der Waals surface area contributed by atoms with E-state index in [0.29, 0.717) is 35.2 Å². The van der Waals surface area contributed by atoms with Crippen LogP contribution in [0.15, 0.2) is 48.5 Å². The zero-order valence-corrected chi connectivity index (χ0v) is 21.8. The number of rotatable bonds is 5. The number of fused-ring (bicyclic) bond motifs is 4. The van der Waals surface area contributed by atoms with Crippen LogP contribution in [0, 0.1) is 29.1 Å². The van der Waals surface area contributed by atoms with Gasteiger partial charge in [-0.25, -0.2) is 8.78 Å². The SMILES string of the molecule is N#C[C@H](C[C@H]1CCCNC1=O)NC(=O)[C@@H]1[C@H]2CC(F)(F)C[C@H]2CN1C(=O)C1(O)c2ccccc2-c2ccccc21. The summed E-state index contributed by atoms with van der Waals surface area (Å²) in [5.41, 5.74) is 0.0380. The number of likely N-dealkylation sites (tertiary alicyclic amines) is 1. The molecule has 2 aromatic carbocycles. The molecule has 4 aliphatic rings. The molecule has 0 aromatic heterocycles. The molecule has 0 radical (unpaired) electrons. The quantitative estimate of drug-likeness (QED) is 0.531. The molecule has 2 heterocycles. The van der Waals surface area contributed by atoms with Crippen LogP contribution in [0.3, 0.4) is 0 Å². The maximum atomic E-state index is 14.5. The average molecular weight is 549 g/mol. The first-order valence-electron chi connectivity index (χ1n) is 13.7. The molecule has 40 heavy (non-hydrogen) atoms. The number of nitrogens with one attached hydrogen (secondary N) is 2. The molecule has 0 unspecified atom stereocenters. The van der Waals surface area contributed by atoms with Crippen molar-refractivity contribution in [2.45, 2.75) is 55.7 Å². The normalized spacial score (nSPS) is 28.1. The smallest absolute Gasteiger partial charge is 0.264 e. The van der Waals surface area contributed by atoms with Crippen molar-refractivity contribution in [2.75, 3.05) is 13.1 Å². The number of carbonyl (C=O) groups is 3. The van der Waals surface area contributed by atoms with Crippen LogP contribution in [0.2, 0.25) is 0 Å². The standard InChI is InChI=1S/C30H30F2N4O4/c31-29(32)13-18-16-36(28(39)30(40)23-9-3-1-7-20(23)21-8-2-4-10-24(21)30)25(22(18)14-29)27(38)35-19(15-33)12-17-6-5-11-34-26(17)37/h1-4,7-10,17-19,22,25,40H,5-6,11-14,16H2,(H,34,37)(H,35,38)/t17-,18+,19+,22+,25+/m1/s1. The van der Waals surface area contributed by atoms with Gasteiger partial charge in [-0.1, -0.05) is 48.5 Å². The summed E-state index contributed by atoms with van der Waals surface area (Å²) >= 11 is 0. The van der Waals surface area contributed by atoms with Gasteiger partial charge in [0.25, 0.3) is 5.91 Å². The van der Waals surface area contributed by atoms with Crippen LogP contribution in [0.25, 0.3) is 11.1 Å². The molecule has 5 atom stereocenters. The highest BCUT2D eigenvalue weighted by Crippen LogP contribution is 2.53. The van der Waals surface area contributed by atoms with Gasteiger partial charge in [0.15, 0.2) is 5.60 Å². The molecule has 0 bridgehead atoms. The summed E-state index contributed by atoms with van der Waals surface area (Å²) in [4.78, 5) is 41.5. The maximum Gasteiger partial charge on any atom is 0.264 e.